The van der Waals surface area contributed by atoms with E-state index in [2.05, 4.69) is 22.8 Å². The van der Waals surface area contributed by atoms with Crippen LogP contribution in [0.25, 0.3) is 11.1 Å². The summed E-state index contributed by atoms with van der Waals surface area (Å²) in [4.78, 5) is 37.0. The highest BCUT2D eigenvalue weighted by molar-refractivity contribution is 5.93. The van der Waals surface area contributed by atoms with Crippen LogP contribution in [0.4, 0.5) is 4.79 Å². The minimum absolute atomic E-state index is 0.0771. The maximum absolute atomic E-state index is 12.8. The van der Waals surface area contributed by atoms with E-state index in [1.54, 1.807) is 0 Å². The number of hydrogen-bond donors (Lipinski definition) is 3. The molecule has 0 aliphatic heterocycles. The summed E-state index contributed by atoms with van der Waals surface area (Å²) in [6.45, 7) is 4.15. The van der Waals surface area contributed by atoms with Crippen LogP contribution in [0.15, 0.2) is 48.5 Å². The average molecular weight is 451 g/mol. The van der Waals surface area contributed by atoms with Crippen molar-refractivity contribution < 1.29 is 24.2 Å². The van der Waals surface area contributed by atoms with Crippen LogP contribution >= 0.6 is 0 Å². The number of nitrogens with one attached hydrogen (secondary N) is 2. The number of carbonyl (C=O) groups excluding carboxylic acids is 2. The zero-order valence-corrected chi connectivity index (χ0v) is 19.0. The third-order valence-corrected chi connectivity index (χ3v) is 6.81. The molecule has 7 heteroatoms. The third kappa shape index (κ3) is 4.72. The molecule has 1 fully saturated rings. The highest BCUT2D eigenvalue weighted by Gasteiger charge is 2.52. The smallest absolute Gasteiger partial charge is 0.407 e. The minimum atomic E-state index is -1.20. The third-order valence-electron chi connectivity index (χ3n) is 6.81. The summed E-state index contributed by atoms with van der Waals surface area (Å²) >= 11 is 0. The maximum atomic E-state index is 12.8. The van der Waals surface area contributed by atoms with Gasteiger partial charge in [-0.15, -0.1) is 0 Å². The molecular weight excluding hydrogens is 420 g/mol. The van der Waals surface area contributed by atoms with Gasteiger partial charge < -0.3 is 20.5 Å². The standard InChI is InChI=1S/C26H30N2O5/c1-3-16(2)14-22(23(29)28-26(12-13-26)24(30)31)27-25(32)33-15-21-19-10-6-4-8-17(19)18-9-5-7-11-20(18)21/h4-11,16,21-22H,3,12-15H2,1-2H3,(H,27,32)(H,28,29)(H,30,31). The number of amides is 2. The molecular formula is C26H30N2O5. The first kappa shape index (κ1) is 22.8. The summed E-state index contributed by atoms with van der Waals surface area (Å²) in [5.41, 5.74) is 3.29. The average Bonchev–Trinajstić information content (AvgIpc) is 3.53. The molecule has 2 aliphatic carbocycles. The van der Waals surface area contributed by atoms with E-state index >= 15 is 0 Å². The van der Waals surface area contributed by atoms with Gasteiger partial charge in [-0.2, -0.15) is 0 Å². The Balaban J connectivity index is 1.42. The highest BCUT2D eigenvalue weighted by Crippen LogP contribution is 2.44. The summed E-state index contributed by atoms with van der Waals surface area (Å²) in [6.07, 6.45) is 1.35. The molecule has 0 aromatic heterocycles. The summed E-state index contributed by atoms with van der Waals surface area (Å²) in [6, 6.07) is 15.3. The van der Waals surface area contributed by atoms with Crippen molar-refractivity contribution in [2.75, 3.05) is 6.61 Å². The van der Waals surface area contributed by atoms with E-state index in [0.717, 1.165) is 28.7 Å². The summed E-state index contributed by atoms with van der Waals surface area (Å²) in [5, 5.41) is 14.7. The van der Waals surface area contributed by atoms with E-state index in [1.165, 1.54) is 0 Å². The molecule has 0 spiro atoms. The van der Waals surface area contributed by atoms with E-state index in [9.17, 15) is 19.5 Å². The molecule has 2 aromatic carbocycles. The van der Waals surface area contributed by atoms with Crippen LogP contribution < -0.4 is 10.6 Å². The van der Waals surface area contributed by atoms with Gasteiger partial charge in [0.15, 0.2) is 0 Å². The van der Waals surface area contributed by atoms with Crippen LogP contribution in [0.3, 0.4) is 0 Å². The number of alkyl carbamates (subject to hydrolysis) is 1. The van der Waals surface area contributed by atoms with Crippen LogP contribution in [-0.2, 0) is 14.3 Å². The number of benzene rings is 2. The zero-order valence-electron chi connectivity index (χ0n) is 19.0. The number of ether oxygens (including phenoxy) is 1. The number of aliphatic carboxylic acids is 1. The second-order valence-corrected chi connectivity index (χ2v) is 9.15. The summed E-state index contributed by atoms with van der Waals surface area (Å²) in [5.74, 6) is -1.43. The predicted molar refractivity (Wildman–Crippen MR) is 124 cm³/mol. The van der Waals surface area contributed by atoms with Crippen molar-refractivity contribution in [2.24, 2.45) is 5.92 Å². The lowest BCUT2D eigenvalue weighted by molar-refractivity contribution is -0.143. The Labute approximate surface area is 193 Å². The number of fused-ring (bicyclic) bond motifs is 3. The minimum Gasteiger partial charge on any atom is -0.480 e. The van der Waals surface area contributed by atoms with Gasteiger partial charge in [0.25, 0.3) is 0 Å². The Hall–Kier alpha value is -3.35. The summed E-state index contributed by atoms with van der Waals surface area (Å²) in [7, 11) is 0. The predicted octanol–water partition coefficient (Wildman–Crippen LogP) is 4.06. The molecule has 7 nitrogen and oxygen atoms in total. The van der Waals surface area contributed by atoms with Crippen LogP contribution in [0, 0.1) is 5.92 Å². The van der Waals surface area contributed by atoms with E-state index in [0.29, 0.717) is 19.3 Å². The zero-order chi connectivity index (χ0) is 23.6. The van der Waals surface area contributed by atoms with E-state index in [-0.39, 0.29) is 18.4 Å². The molecule has 2 atom stereocenters. The second-order valence-electron chi connectivity index (χ2n) is 9.15. The normalized spacial score (nSPS) is 17.3. The maximum Gasteiger partial charge on any atom is 0.407 e. The van der Waals surface area contributed by atoms with E-state index < -0.39 is 29.6 Å². The molecule has 4 rings (SSSR count). The van der Waals surface area contributed by atoms with Crippen molar-refractivity contribution in [1.29, 1.82) is 0 Å². The van der Waals surface area contributed by atoms with Crippen LogP contribution in [0.2, 0.25) is 0 Å². The molecule has 2 aromatic rings. The fraction of sp³-hybridized carbons (Fsp3) is 0.423. The quantitative estimate of drug-likeness (QED) is 0.534. The number of rotatable bonds is 9. The van der Waals surface area contributed by atoms with Gasteiger partial charge in [-0.3, -0.25) is 4.79 Å². The van der Waals surface area contributed by atoms with Crippen molar-refractivity contribution in [3.63, 3.8) is 0 Å². The lowest BCUT2D eigenvalue weighted by atomic mass is 9.98. The Morgan fingerprint density at radius 2 is 1.64 bits per heavy atom. The van der Waals surface area contributed by atoms with Gasteiger partial charge in [-0.05, 0) is 47.4 Å². The molecule has 0 bridgehead atoms. The van der Waals surface area contributed by atoms with Gasteiger partial charge in [0.1, 0.15) is 18.2 Å². The first-order valence-electron chi connectivity index (χ1n) is 11.5. The molecule has 0 saturated heterocycles. The first-order chi connectivity index (χ1) is 15.8. The van der Waals surface area contributed by atoms with Crippen LogP contribution in [0.5, 0.6) is 0 Å². The molecule has 2 unspecified atom stereocenters. The molecule has 1 saturated carbocycles. The fourth-order valence-corrected chi connectivity index (χ4v) is 4.42. The molecule has 0 heterocycles. The van der Waals surface area contributed by atoms with Gasteiger partial charge >= 0.3 is 12.1 Å². The van der Waals surface area contributed by atoms with Crippen molar-refractivity contribution >= 4 is 18.0 Å². The highest BCUT2D eigenvalue weighted by atomic mass is 16.5. The Kier molecular flexibility index (Phi) is 6.40. The van der Waals surface area contributed by atoms with Crippen molar-refractivity contribution in [2.45, 2.75) is 57.0 Å². The largest absolute Gasteiger partial charge is 0.480 e. The molecule has 174 valence electrons. The molecule has 2 aliphatic rings. The Morgan fingerprint density at radius 1 is 1.06 bits per heavy atom. The van der Waals surface area contributed by atoms with Crippen molar-refractivity contribution in [3.05, 3.63) is 59.7 Å². The molecule has 2 amide bonds. The first-order valence-corrected chi connectivity index (χ1v) is 11.5. The van der Waals surface area contributed by atoms with E-state index in [4.69, 9.17) is 4.74 Å². The monoisotopic (exact) mass is 450 g/mol. The lowest BCUT2D eigenvalue weighted by Gasteiger charge is -2.23. The number of carboxylic acids is 1. The second kappa shape index (κ2) is 9.25. The molecule has 3 N–H and O–H groups in total. The summed E-state index contributed by atoms with van der Waals surface area (Å²) < 4.78 is 5.58. The van der Waals surface area contributed by atoms with Gasteiger partial charge in [0, 0.05) is 5.92 Å². The van der Waals surface area contributed by atoms with Gasteiger partial charge in [-0.1, -0.05) is 68.8 Å². The number of carboxylic acid groups (broad SMARTS) is 1. The van der Waals surface area contributed by atoms with Crippen LogP contribution in [0.1, 0.15) is 56.6 Å². The number of hydrogen-bond acceptors (Lipinski definition) is 4. The van der Waals surface area contributed by atoms with Crippen molar-refractivity contribution in [3.8, 4) is 11.1 Å². The molecule has 33 heavy (non-hydrogen) atoms. The van der Waals surface area contributed by atoms with Gasteiger partial charge in [-0.25, -0.2) is 9.59 Å². The van der Waals surface area contributed by atoms with Gasteiger partial charge in [0.2, 0.25) is 5.91 Å². The molecule has 0 radical (unpaired) electrons. The SMILES string of the molecule is CCC(C)CC(NC(=O)OCC1c2ccccc2-c2ccccc21)C(=O)NC1(C(=O)O)CC1. The van der Waals surface area contributed by atoms with Gasteiger partial charge in [0.05, 0.1) is 0 Å². The van der Waals surface area contributed by atoms with Crippen molar-refractivity contribution in [1.82, 2.24) is 10.6 Å². The van der Waals surface area contributed by atoms with Crippen LogP contribution in [-0.4, -0.2) is 41.3 Å². The van der Waals surface area contributed by atoms with E-state index in [1.807, 2.05) is 50.2 Å². The number of carbonyl (C=O) groups is 3. The Morgan fingerprint density at radius 3 is 2.15 bits per heavy atom. The lowest BCUT2D eigenvalue weighted by Crippen LogP contribution is -2.53. The Bertz CT molecular complexity index is 1020. The fourth-order valence-electron chi connectivity index (χ4n) is 4.42. The topological polar surface area (TPSA) is 105 Å².